The van der Waals surface area contributed by atoms with E-state index in [-0.39, 0.29) is 16.9 Å². The van der Waals surface area contributed by atoms with Crippen LogP contribution in [-0.2, 0) is 6.61 Å². The van der Waals surface area contributed by atoms with Crippen molar-refractivity contribution in [3.63, 3.8) is 0 Å². The Kier molecular flexibility index (Phi) is 3.77. The largest absolute Gasteiger partial charge is 0.497 e. The fourth-order valence-electron chi connectivity index (χ4n) is 1.31. The molecular weight excluding hydrogens is 223 g/mol. The average Bonchev–Trinajstić information content (AvgIpc) is 2.25. The molecule has 0 aliphatic rings. The Bertz CT molecular complexity index is 366. The van der Waals surface area contributed by atoms with E-state index in [1.54, 1.807) is 0 Å². The molecule has 0 bridgehead atoms. The maximum atomic E-state index is 12.4. The van der Waals surface area contributed by atoms with Crippen molar-refractivity contribution in [3.8, 4) is 5.75 Å². The van der Waals surface area contributed by atoms with Gasteiger partial charge in [-0.2, -0.15) is 13.2 Å². The Morgan fingerprint density at radius 1 is 1.44 bits per heavy atom. The predicted octanol–water partition coefficient (Wildman–Crippen LogP) is 1.75. The number of methoxy groups -OCH3 is 1. The fourth-order valence-corrected chi connectivity index (χ4v) is 1.31. The molecule has 0 amide bonds. The van der Waals surface area contributed by atoms with E-state index in [0.717, 1.165) is 0 Å². The van der Waals surface area contributed by atoms with Gasteiger partial charge in [0.1, 0.15) is 11.8 Å². The first-order chi connectivity index (χ1) is 7.40. The maximum absolute atomic E-state index is 12.4. The first-order valence-electron chi connectivity index (χ1n) is 4.50. The molecule has 0 aromatic heterocycles. The Labute approximate surface area is 90.6 Å². The Balaban J connectivity index is 3.18. The number of hydrogen-bond donors (Lipinski definition) is 2. The highest BCUT2D eigenvalue weighted by atomic mass is 19.4. The van der Waals surface area contributed by atoms with Crippen LogP contribution in [-0.4, -0.2) is 18.4 Å². The van der Waals surface area contributed by atoms with Crippen LogP contribution in [0.1, 0.15) is 17.2 Å². The number of alkyl halides is 3. The molecule has 3 nitrogen and oxygen atoms in total. The van der Waals surface area contributed by atoms with Gasteiger partial charge in [-0.15, -0.1) is 0 Å². The number of ether oxygens (including phenoxy) is 1. The summed E-state index contributed by atoms with van der Waals surface area (Å²) in [7, 11) is 1.34. The summed E-state index contributed by atoms with van der Waals surface area (Å²) in [4.78, 5) is 0. The molecule has 0 saturated heterocycles. The van der Waals surface area contributed by atoms with E-state index < -0.39 is 18.8 Å². The molecular formula is C10H12F3NO2. The van der Waals surface area contributed by atoms with Gasteiger partial charge in [0.2, 0.25) is 0 Å². The van der Waals surface area contributed by atoms with Gasteiger partial charge >= 0.3 is 6.18 Å². The molecule has 16 heavy (non-hydrogen) atoms. The topological polar surface area (TPSA) is 55.5 Å². The third kappa shape index (κ3) is 2.65. The quantitative estimate of drug-likeness (QED) is 0.839. The molecule has 90 valence electrons. The monoisotopic (exact) mass is 235 g/mol. The van der Waals surface area contributed by atoms with Crippen LogP contribution < -0.4 is 10.5 Å². The second-order valence-electron chi connectivity index (χ2n) is 3.24. The zero-order valence-corrected chi connectivity index (χ0v) is 8.58. The molecule has 0 unspecified atom stereocenters. The van der Waals surface area contributed by atoms with Gasteiger partial charge in [0.15, 0.2) is 0 Å². The Morgan fingerprint density at radius 2 is 2.06 bits per heavy atom. The van der Waals surface area contributed by atoms with Crippen molar-refractivity contribution in [2.24, 2.45) is 5.73 Å². The Morgan fingerprint density at radius 3 is 2.50 bits per heavy atom. The van der Waals surface area contributed by atoms with Gasteiger partial charge in [0.25, 0.3) is 0 Å². The van der Waals surface area contributed by atoms with Gasteiger partial charge in [0, 0.05) is 0 Å². The van der Waals surface area contributed by atoms with E-state index in [0.29, 0.717) is 0 Å². The number of rotatable bonds is 3. The van der Waals surface area contributed by atoms with Gasteiger partial charge in [-0.3, -0.25) is 0 Å². The van der Waals surface area contributed by atoms with Gasteiger partial charge in [-0.1, -0.05) is 6.07 Å². The summed E-state index contributed by atoms with van der Waals surface area (Å²) in [5.74, 6) is 0.270. The SMILES string of the molecule is COc1ccc(CO)c([C@@H](N)C(F)(F)F)c1. The minimum absolute atomic E-state index is 0.144. The van der Waals surface area contributed by atoms with Gasteiger partial charge < -0.3 is 15.6 Å². The van der Waals surface area contributed by atoms with Crippen molar-refractivity contribution in [2.75, 3.05) is 7.11 Å². The normalized spacial score (nSPS) is 13.6. The van der Waals surface area contributed by atoms with Crippen LogP contribution >= 0.6 is 0 Å². The third-order valence-corrected chi connectivity index (χ3v) is 2.21. The minimum atomic E-state index is -4.55. The lowest BCUT2D eigenvalue weighted by Gasteiger charge is -2.19. The molecule has 0 spiro atoms. The highest BCUT2D eigenvalue weighted by molar-refractivity contribution is 5.37. The second kappa shape index (κ2) is 4.71. The standard InChI is InChI=1S/C10H12F3NO2/c1-16-7-3-2-6(5-15)8(4-7)9(14)10(11,12)13/h2-4,9,15H,5,14H2,1H3/t9-/m1/s1. The predicted molar refractivity (Wildman–Crippen MR) is 51.9 cm³/mol. The van der Waals surface area contributed by atoms with E-state index >= 15 is 0 Å². The summed E-state index contributed by atoms with van der Waals surface area (Å²) in [5, 5.41) is 8.93. The van der Waals surface area contributed by atoms with Crippen LogP contribution in [0.3, 0.4) is 0 Å². The van der Waals surface area contributed by atoms with Crippen LogP contribution in [0.25, 0.3) is 0 Å². The number of aliphatic hydroxyl groups excluding tert-OH is 1. The number of benzene rings is 1. The summed E-state index contributed by atoms with van der Waals surface area (Å²) >= 11 is 0. The summed E-state index contributed by atoms with van der Waals surface area (Å²) in [6.45, 7) is -0.497. The zero-order valence-electron chi connectivity index (χ0n) is 8.58. The summed E-state index contributed by atoms with van der Waals surface area (Å²) in [6.07, 6.45) is -4.55. The van der Waals surface area contributed by atoms with Crippen molar-refractivity contribution >= 4 is 0 Å². The number of halogens is 3. The molecule has 1 aromatic carbocycles. The van der Waals surface area contributed by atoms with Gasteiger partial charge in [0.05, 0.1) is 13.7 Å². The number of aliphatic hydroxyl groups is 1. The first-order valence-corrected chi connectivity index (χ1v) is 4.50. The molecule has 0 aliphatic heterocycles. The van der Waals surface area contributed by atoms with Crippen molar-refractivity contribution in [2.45, 2.75) is 18.8 Å². The summed E-state index contributed by atoms with van der Waals surface area (Å²) in [6, 6.07) is 1.89. The molecule has 1 rings (SSSR count). The fraction of sp³-hybridized carbons (Fsp3) is 0.400. The van der Waals surface area contributed by atoms with Crippen LogP contribution in [0.15, 0.2) is 18.2 Å². The molecule has 6 heteroatoms. The molecule has 0 saturated carbocycles. The van der Waals surface area contributed by atoms with E-state index in [4.69, 9.17) is 15.6 Å². The molecule has 0 heterocycles. The van der Waals surface area contributed by atoms with Crippen molar-refractivity contribution in [1.29, 1.82) is 0 Å². The molecule has 0 radical (unpaired) electrons. The lowest BCUT2D eigenvalue weighted by molar-refractivity contribution is -0.149. The zero-order chi connectivity index (χ0) is 12.3. The lowest BCUT2D eigenvalue weighted by Crippen LogP contribution is -2.29. The van der Waals surface area contributed by atoms with E-state index in [2.05, 4.69) is 0 Å². The molecule has 3 N–H and O–H groups in total. The van der Waals surface area contributed by atoms with Gasteiger partial charge in [-0.05, 0) is 23.3 Å². The van der Waals surface area contributed by atoms with Crippen molar-refractivity contribution in [3.05, 3.63) is 29.3 Å². The number of nitrogens with two attached hydrogens (primary N) is 1. The molecule has 1 atom stereocenters. The summed E-state index contributed by atoms with van der Waals surface area (Å²) in [5.41, 5.74) is 5.05. The van der Waals surface area contributed by atoms with Gasteiger partial charge in [-0.25, -0.2) is 0 Å². The van der Waals surface area contributed by atoms with E-state index in [1.807, 2.05) is 0 Å². The van der Waals surface area contributed by atoms with Crippen LogP contribution in [0.5, 0.6) is 5.75 Å². The molecule has 0 aliphatic carbocycles. The second-order valence-corrected chi connectivity index (χ2v) is 3.24. The van der Waals surface area contributed by atoms with Crippen LogP contribution in [0.4, 0.5) is 13.2 Å². The number of hydrogen-bond acceptors (Lipinski definition) is 3. The third-order valence-electron chi connectivity index (χ3n) is 2.21. The average molecular weight is 235 g/mol. The maximum Gasteiger partial charge on any atom is 0.407 e. The van der Waals surface area contributed by atoms with Crippen molar-refractivity contribution < 1.29 is 23.0 Å². The van der Waals surface area contributed by atoms with E-state index in [9.17, 15) is 13.2 Å². The Hall–Kier alpha value is -1.27. The molecule has 1 aromatic rings. The van der Waals surface area contributed by atoms with E-state index in [1.165, 1.54) is 25.3 Å². The van der Waals surface area contributed by atoms with Crippen molar-refractivity contribution in [1.82, 2.24) is 0 Å². The molecule has 0 fully saturated rings. The van der Waals surface area contributed by atoms with Crippen LogP contribution in [0.2, 0.25) is 0 Å². The van der Waals surface area contributed by atoms with Crippen LogP contribution in [0, 0.1) is 0 Å². The summed E-state index contributed by atoms with van der Waals surface area (Å²) < 4.78 is 42.1. The minimum Gasteiger partial charge on any atom is -0.497 e. The highest BCUT2D eigenvalue weighted by Crippen LogP contribution is 2.34. The lowest BCUT2D eigenvalue weighted by atomic mass is 10.0. The smallest absolute Gasteiger partial charge is 0.407 e. The first kappa shape index (κ1) is 12.8. The highest BCUT2D eigenvalue weighted by Gasteiger charge is 2.39.